The van der Waals surface area contributed by atoms with Crippen molar-refractivity contribution in [2.24, 2.45) is 5.92 Å². The molecule has 182 valence electrons. The highest BCUT2D eigenvalue weighted by Crippen LogP contribution is 2.40. The average molecular weight is 508 g/mol. The monoisotopic (exact) mass is 507 g/mol. The zero-order valence-electron chi connectivity index (χ0n) is 18.7. The summed E-state index contributed by atoms with van der Waals surface area (Å²) in [7, 11) is 0. The van der Waals surface area contributed by atoms with E-state index < -0.39 is 17.8 Å². The van der Waals surface area contributed by atoms with Crippen molar-refractivity contribution in [3.63, 3.8) is 0 Å². The van der Waals surface area contributed by atoms with Crippen molar-refractivity contribution in [1.29, 1.82) is 0 Å². The zero-order valence-corrected chi connectivity index (χ0v) is 20.4. The molecule has 0 radical (unpaired) electrons. The first-order valence-corrected chi connectivity index (χ1v) is 11.8. The highest BCUT2D eigenvalue weighted by Gasteiger charge is 2.41. The van der Waals surface area contributed by atoms with E-state index in [1.54, 1.807) is 30.5 Å². The van der Waals surface area contributed by atoms with Gasteiger partial charge in [-0.2, -0.15) is 5.10 Å². The lowest BCUT2D eigenvalue weighted by molar-refractivity contribution is -0.138. The molecule has 10 heteroatoms. The van der Waals surface area contributed by atoms with E-state index in [1.165, 1.54) is 29.4 Å². The van der Waals surface area contributed by atoms with E-state index in [2.05, 4.69) is 5.10 Å². The third-order valence-corrected chi connectivity index (χ3v) is 7.05. The second-order valence-corrected chi connectivity index (χ2v) is 9.89. The SMILES string of the molecule is CC(=O)SC1CCN(C(C(=O)C2CC2)c2ccccc2F)CC1=Cc1ccn(CC(=O)O)n1.Cl. The summed E-state index contributed by atoms with van der Waals surface area (Å²) in [6.45, 7) is 2.24. The maximum atomic E-state index is 14.7. The van der Waals surface area contributed by atoms with E-state index in [9.17, 15) is 18.8 Å². The van der Waals surface area contributed by atoms with Crippen LogP contribution in [0.4, 0.5) is 4.39 Å². The second kappa shape index (κ2) is 11.3. The second-order valence-electron chi connectivity index (χ2n) is 8.51. The van der Waals surface area contributed by atoms with E-state index in [4.69, 9.17) is 5.11 Å². The molecule has 2 heterocycles. The number of piperidine rings is 1. The minimum absolute atomic E-state index is 0. The Morgan fingerprint density at radius 2 is 1.97 bits per heavy atom. The molecule has 1 N–H and O–H groups in total. The predicted molar refractivity (Wildman–Crippen MR) is 130 cm³/mol. The van der Waals surface area contributed by atoms with Crippen LogP contribution in [0.5, 0.6) is 0 Å². The number of carboxylic acids is 1. The molecule has 7 nitrogen and oxygen atoms in total. The molecule has 1 aromatic carbocycles. The van der Waals surface area contributed by atoms with E-state index in [-0.39, 0.29) is 41.0 Å². The Bertz CT molecular complexity index is 1100. The van der Waals surface area contributed by atoms with Gasteiger partial charge in [0.15, 0.2) is 10.9 Å². The number of halogens is 2. The van der Waals surface area contributed by atoms with E-state index >= 15 is 0 Å². The fraction of sp³-hybridized carbons (Fsp3) is 0.417. The molecule has 1 saturated carbocycles. The van der Waals surface area contributed by atoms with Crippen molar-refractivity contribution in [2.75, 3.05) is 13.1 Å². The molecule has 2 aromatic rings. The quantitative estimate of drug-likeness (QED) is 0.577. The molecule has 4 rings (SSSR count). The number of rotatable bonds is 8. The molecule has 1 aliphatic heterocycles. The topological polar surface area (TPSA) is 92.5 Å². The van der Waals surface area contributed by atoms with Gasteiger partial charge < -0.3 is 5.11 Å². The first-order chi connectivity index (χ1) is 15.8. The molecule has 0 bridgehead atoms. The fourth-order valence-electron chi connectivity index (χ4n) is 4.27. The highest BCUT2D eigenvalue weighted by molar-refractivity contribution is 8.14. The van der Waals surface area contributed by atoms with Crippen molar-refractivity contribution in [3.05, 3.63) is 59.2 Å². The summed E-state index contributed by atoms with van der Waals surface area (Å²) in [6, 6.07) is 7.46. The number of carbonyl (C=O) groups is 3. The number of ketones is 1. The van der Waals surface area contributed by atoms with Gasteiger partial charge in [0.25, 0.3) is 0 Å². The van der Waals surface area contributed by atoms with E-state index in [0.717, 1.165) is 18.4 Å². The maximum Gasteiger partial charge on any atom is 0.325 e. The largest absolute Gasteiger partial charge is 0.480 e. The van der Waals surface area contributed by atoms with Gasteiger partial charge in [0, 0.05) is 42.9 Å². The summed E-state index contributed by atoms with van der Waals surface area (Å²) < 4.78 is 16.1. The van der Waals surface area contributed by atoms with Crippen LogP contribution in [0.15, 0.2) is 42.1 Å². The number of hydrogen-bond donors (Lipinski definition) is 1. The Balaban J connectivity index is 0.00000324. The van der Waals surface area contributed by atoms with Gasteiger partial charge >= 0.3 is 5.97 Å². The number of thioether (sulfide) groups is 1. The molecule has 2 atom stereocenters. The predicted octanol–water partition coefficient (Wildman–Crippen LogP) is 3.99. The molecule has 1 saturated heterocycles. The number of benzene rings is 1. The van der Waals surface area contributed by atoms with Crippen molar-refractivity contribution in [2.45, 2.75) is 44.0 Å². The van der Waals surface area contributed by atoms with Crippen molar-refractivity contribution in [1.82, 2.24) is 14.7 Å². The summed E-state index contributed by atoms with van der Waals surface area (Å²) in [6.07, 6.45) is 5.75. The lowest BCUT2D eigenvalue weighted by Crippen LogP contribution is -2.43. The molecular weight excluding hydrogens is 481 g/mol. The summed E-state index contributed by atoms with van der Waals surface area (Å²) in [5.74, 6) is -1.37. The molecule has 34 heavy (non-hydrogen) atoms. The van der Waals surface area contributed by atoms with Crippen LogP contribution in [0, 0.1) is 11.7 Å². The molecule has 0 spiro atoms. The Labute approximate surface area is 207 Å². The third-order valence-electron chi connectivity index (χ3n) is 5.89. The van der Waals surface area contributed by atoms with Crippen LogP contribution in [0.1, 0.15) is 43.5 Å². The van der Waals surface area contributed by atoms with Gasteiger partial charge in [-0.3, -0.25) is 24.0 Å². The minimum atomic E-state index is -0.988. The van der Waals surface area contributed by atoms with Crippen LogP contribution in [-0.4, -0.2) is 55.0 Å². The molecule has 0 amide bonds. The van der Waals surface area contributed by atoms with Gasteiger partial charge in [-0.1, -0.05) is 30.0 Å². The van der Waals surface area contributed by atoms with Crippen LogP contribution in [0.25, 0.3) is 6.08 Å². The highest BCUT2D eigenvalue weighted by atomic mass is 35.5. The minimum Gasteiger partial charge on any atom is -0.480 e. The van der Waals surface area contributed by atoms with Crippen molar-refractivity contribution < 1.29 is 23.9 Å². The number of Topliss-reactive ketones (excluding diaryl/α,β-unsaturated/α-hetero) is 1. The molecule has 2 unspecified atom stereocenters. The first kappa shape index (κ1) is 26.1. The Morgan fingerprint density at radius 1 is 1.24 bits per heavy atom. The molecule has 2 aliphatic rings. The standard InChI is InChI=1S/C24H26FN3O4S.ClH/c1-15(29)33-21-9-10-27(13-17(21)12-18-8-11-28(26-18)14-22(30)31)23(24(32)16-6-7-16)19-4-2-3-5-20(19)25;/h2-5,8,11-12,16,21,23H,6-7,9-10,13-14H2,1H3,(H,30,31);1H. The Morgan fingerprint density at radius 3 is 2.62 bits per heavy atom. The van der Waals surface area contributed by atoms with E-state index in [1.807, 2.05) is 11.0 Å². The molecular formula is C24H27ClFN3O4S. The van der Waals surface area contributed by atoms with Crippen molar-refractivity contribution in [3.8, 4) is 0 Å². The average Bonchev–Trinajstić information content (AvgIpc) is 3.52. The molecule has 1 aromatic heterocycles. The van der Waals surface area contributed by atoms with Crippen LogP contribution in [-0.2, 0) is 20.9 Å². The van der Waals surface area contributed by atoms with Gasteiger partial charge in [-0.15, -0.1) is 12.4 Å². The maximum absolute atomic E-state index is 14.7. The number of nitrogens with zero attached hydrogens (tertiary/aromatic N) is 3. The number of aromatic nitrogens is 2. The van der Waals surface area contributed by atoms with Crippen molar-refractivity contribution >= 4 is 47.1 Å². The number of aliphatic carboxylic acids is 1. The number of carbonyl (C=O) groups excluding carboxylic acids is 2. The number of carboxylic acid groups (broad SMARTS) is 1. The summed E-state index contributed by atoms with van der Waals surface area (Å²) in [4.78, 5) is 38.0. The number of likely N-dealkylation sites (tertiary alicyclic amines) is 1. The smallest absolute Gasteiger partial charge is 0.325 e. The van der Waals surface area contributed by atoms with Crippen LogP contribution >= 0.6 is 24.2 Å². The zero-order chi connectivity index (χ0) is 23.5. The first-order valence-electron chi connectivity index (χ1n) is 11.0. The lowest BCUT2D eigenvalue weighted by atomic mass is 9.93. The Kier molecular flexibility index (Phi) is 8.67. The fourth-order valence-corrected chi connectivity index (χ4v) is 5.18. The van der Waals surface area contributed by atoms with Gasteiger partial charge in [-0.05, 0) is 43.0 Å². The van der Waals surface area contributed by atoms with Gasteiger partial charge in [-0.25, -0.2) is 4.39 Å². The van der Waals surface area contributed by atoms with Gasteiger partial charge in [0.2, 0.25) is 0 Å². The Hall–Kier alpha value is -2.49. The van der Waals surface area contributed by atoms with Crippen LogP contribution in [0.2, 0.25) is 0 Å². The normalized spacial score (nSPS) is 20.5. The van der Waals surface area contributed by atoms with Crippen LogP contribution < -0.4 is 0 Å². The lowest BCUT2D eigenvalue weighted by Gasteiger charge is -2.38. The third kappa shape index (κ3) is 6.34. The van der Waals surface area contributed by atoms with Gasteiger partial charge in [0.05, 0.1) is 11.7 Å². The van der Waals surface area contributed by atoms with Gasteiger partial charge in [0.1, 0.15) is 12.4 Å². The summed E-state index contributed by atoms with van der Waals surface area (Å²) in [5, 5.41) is 13.2. The van der Waals surface area contributed by atoms with E-state index in [0.29, 0.717) is 30.8 Å². The summed E-state index contributed by atoms with van der Waals surface area (Å²) in [5.41, 5.74) is 1.88. The summed E-state index contributed by atoms with van der Waals surface area (Å²) >= 11 is 1.24. The molecule has 2 fully saturated rings. The van der Waals surface area contributed by atoms with Crippen LogP contribution in [0.3, 0.4) is 0 Å². The molecule has 1 aliphatic carbocycles. The number of hydrogen-bond acceptors (Lipinski definition) is 6.